The van der Waals surface area contributed by atoms with Gasteiger partial charge in [0.15, 0.2) is 5.82 Å². The zero-order chi connectivity index (χ0) is 14.0. The number of hydrogen-bond acceptors (Lipinski definition) is 6. The molecule has 0 N–H and O–H groups in total. The maximum Gasteiger partial charge on any atom is 0.257 e. The van der Waals surface area contributed by atoms with Crippen LogP contribution in [-0.4, -0.2) is 67.4 Å². The fraction of sp³-hybridized carbons (Fsp3) is 0.714. The first-order valence-corrected chi connectivity index (χ1v) is 7.14. The van der Waals surface area contributed by atoms with Crippen molar-refractivity contribution in [3.8, 4) is 5.88 Å². The Morgan fingerprint density at radius 1 is 1.20 bits per heavy atom. The molecule has 0 aromatic carbocycles. The summed E-state index contributed by atoms with van der Waals surface area (Å²) in [7, 11) is 3.87. The van der Waals surface area contributed by atoms with Gasteiger partial charge < -0.3 is 14.4 Å². The molecule has 3 rings (SSSR count). The number of anilines is 1. The fourth-order valence-electron chi connectivity index (χ4n) is 3.21. The third-order valence-corrected chi connectivity index (χ3v) is 4.56. The molecule has 0 unspecified atom stereocenters. The van der Waals surface area contributed by atoms with Crippen LogP contribution in [0, 0.1) is 0 Å². The summed E-state index contributed by atoms with van der Waals surface area (Å²) >= 11 is 0. The first-order valence-electron chi connectivity index (χ1n) is 7.14. The third kappa shape index (κ3) is 2.33. The third-order valence-electron chi connectivity index (χ3n) is 4.56. The molecule has 0 bridgehead atoms. The van der Waals surface area contributed by atoms with E-state index in [-0.39, 0.29) is 5.54 Å². The van der Waals surface area contributed by atoms with Crippen LogP contribution in [0.25, 0.3) is 0 Å². The minimum Gasteiger partial charge on any atom is -0.478 e. The Balaban J connectivity index is 1.84. The van der Waals surface area contributed by atoms with Crippen LogP contribution in [0.1, 0.15) is 12.8 Å². The maximum atomic E-state index is 5.53. The van der Waals surface area contributed by atoms with Crippen LogP contribution >= 0.6 is 0 Å². The highest BCUT2D eigenvalue weighted by Gasteiger charge is 2.41. The van der Waals surface area contributed by atoms with E-state index in [9.17, 15) is 0 Å². The molecule has 2 aliphatic rings. The molecule has 6 nitrogen and oxygen atoms in total. The number of hydrogen-bond donors (Lipinski definition) is 0. The molecule has 0 aliphatic carbocycles. The summed E-state index contributed by atoms with van der Waals surface area (Å²) in [6.45, 7) is 4.63. The van der Waals surface area contributed by atoms with Crippen molar-refractivity contribution in [2.24, 2.45) is 0 Å². The highest BCUT2D eigenvalue weighted by molar-refractivity contribution is 5.49. The maximum absolute atomic E-state index is 5.53. The Labute approximate surface area is 119 Å². The SMILES string of the molecule is COc1nccnc1N1CCN(C)C2(CCOCC2)C1. The Morgan fingerprint density at radius 2 is 1.95 bits per heavy atom. The summed E-state index contributed by atoms with van der Waals surface area (Å²) in [6, 6.07) is 0. The second kappa shape index (κ2) is 5.54. The molecule has 0 radical (unpaired) electrons. The smallest absolute Gasteiger partial charge is 0.257 e. The van der Waals surface area contributed by atoms with Crippen LogP contribution in [0.3, 0.4) is 0 Å². The standard InChI is InChI=1S/C14H22N4O2/c1-17-7-8-18(11-14(17)3-9-20-10-4-14)12-13(19-2)16-6-5-15-12/h5-6H,3-4,7-11H2,1-2H3. The quantitative estimate of drug-likeness (QED) is 0.797. The molecule has 0 amide bonds. The van der Waals surface area contributed by atoms with Crippen LogP contribution in [0.15, 0.2) is 12.4 Å². The molecule has 2 aliphatic heterocycles. The summed E-state index contributed by atoms with van der Waals surface area (Å²) in [5.74, 6) is 1.47. The summed E-state index contributed by atoms with van der Waals surface area (Å²) < 4.78 is 10.9. The molecule has 0 atom stereocenters. The Bertz CT molecular complexity index is 462. The van der Waals surface area contributed by atoms with Gasteiger partial charge in [-0.25, -0.2) is 9.97 Å². The van der Waals surface area contributed by atoms with Crippen molar-refractivity contribution in [3.05, 3.63) is 12.4 Å². The van der Waals surface area contributed by atoms with E-state index in [0.717, 1.165) is 51.5 Å². The van der Waals surface area contributed by atoms with E-state index < -0.39 is 0 Å². The van der Waals surface area contributed by atoms with Crippen molar-refractivity contribution in [3.63, 3.8) is 0 Å². The van der Waals surface area contributed by atoms with Gasteiger partial charge in [-0.15, -0.1) is 0 Å². The Kier molecular flexibility index (Phi) is 3.76. The zero-order valence-corrected chi connectivity index (χ0v) is 12.2. The number of likely N-dealkylation sites (N-methyl/N-ethyl adjacent to an activating group) is 1. The molecule has 3 heterocycles. The molecule has 6 heteroatoms. The van der Waals surface area contributed by atoms with Crippen LogP contribution < -0.4 is 9.64 Å². The normalized spacial score (nSPS) is 23.0. The van der Waals surface area contributed by atoms with Crippen molar-refractivity contribution in [2.45, 2.75) is 18.4 Å². The van der Waals surface area contributed by atoms with Gasteiger partial charge in [-0.3, -0.25) is 4.90 Å². The Morgan fingerprint density at radius 3 is 2.70 bits per heavy atom. The van der Waals surface area contributed by atoms with E-state index in [0.29, 0.717) is 5.88 Å². The van der Waals surface area contributed by atoms with Gasteiger partial charge in [-0.05, 0) is 19.9 Å². The van der Waals surface area contributed by atoms with Crippen LogP contribution in [-0.2, 0) is 4.74 Å². The van der Waals surface area contributed by atoms with Gasteiger partial charge >= 0.3 is 0 Å². The molecule has 20 heavy (non-hydrogen) atoms. The van der Waals surface area contributed by atoms with E-state index in [1.54, 1.807) is 19.5 Å². The summed E-state index contributed by atoms with van der Waals surface area (Å²) in [4.78, 5) is 13.5. The van der Waals surface area contributed by atoms with Gasteiger partial charge in [0.25, 0.3) is 5.88 Å². The lowest BCUT2D eigenvalue weighted by Crippen LogP contribution is -2.63. The lowest BCUT2D eigenvalue weighted by atomic mass is 9.86. The fourth-order valence-corrected chi connectivity index (χ4v) is 3.21. The van der Waals surface area contributed by atoms with Gasteiger partial charge in [0, 0.05) is 50.8 Å². The number of aromatic nitrogens is 2. The molecule has 1 aromatic rings. The minimum atomic E-state index is 0.193. The summed E-state index contributed by atoms with van der Waals surface area (Å²) in [5, 5.41) is 0. The van der Waals surface area contributed by atoms with E-state index in [1.165, 1.54) is 0 Å². The molecule has 1 aromatic heterocycles. The highest BCUT2D eigenvalue weighted by atomic mass is 16.5. The first-order chi connectivity index (χ1) is 9.75. The number of ether oxygens (including phenoxy) is 2. The summed E-state index contributed by atoms with van der Waals surface area (Å²) in [5.41, 5.74) is 0.193. The number of piperazine rings is 1. The molecular formula is C14H22N4O2. The molecule has 0 saturated carbocycles. The predicted octanol–water partition coefficient (Wildman–Crippen LogP) is 0.786. The topological polar surface area (TPSA) is 50.7 Å². The second-order valence-electron chi connectivity index (χ2n) is 5.57. The van der Waals surface area contributed by atoms with Gasteiger partial charge in [0.2, 0.25) is 0 Å². The van der Waals surface area contributed by atoms with Crippen LogP contribution in [0.2, 0.25) is 0 Å². The van der Waals surface area contributed by atoms with Crippen LogP contribution in [0.4, 0.5) is 5.82 Å². The highest BCUT2D eigenvalue weighted by Crippen LogP contribution is 2.34. The van der Waals surface area contributed by atoms with Gasteiger partial charge in [-0.2, -0.15) is 0 Å². The van der Waals surface area contributed by atoms with Gasteiger partial charge in [0.1, 0.15) is 0 Å². The molecular weight excluding hydrogens is 256 g/mol. The van der Waals surface area contributed by atoms with E-state index in [2.05, 4.69) is 26.8 Å². The molecule has 2 saturated heterocycles. The van der Waals surface area contributed by atoms with Crippen LogP contribution in [0.5, 0.6) is 5.88 Å². The van der Waals surface area contributed by atoms with Crippen molar-refractivity contribution in [1.29, 1.82) is 0 Å². The molecule has 2 fully saturated rings. The van der Waals surface area contributed by atoms with Gasteiger partial charge in [0.05, 0.1) is 7.11 Å². The van der Waals surface area contributed by atoms with Gasteiger partial charge in [-0.1, -0.05) is 0 Å². The van der Waals surface area contributed by atoms with Crippen molar-refractivity contribution in [1.82, 2.24) is 14.9 Å². The van der Waals surface area contributed by atoms with Crippen molar-refractivity contribution < 1.29 is 9.47 Å². The lowest BCUT2D eigenvalue weighted by molar-refractivity contribution is -0.0222. The number of rotatable bonds is 2. The predicted molar refractivity (Wildman–Crippen MR) is 76.2 cm³/mol. The average Bonchev–Trinajstić information content (AvgIpc) is 2.51. The average molecular weight is 278 g/mol. The first kappa shape index (κ1) is 13.6. The minimum absolute atomic E-state index is 0.193. The van der Waals surface area contributed by atoms with E-state index in [4.69, 9.17) is 9.47 Å². The molecule has 110 valence electrons. The van der Waals surface area contributed by atoms with Crippen molar-refractivity contribution >= 4 is 5.82 Å². The van der Waals surface area contributed by atoms with E-state index in [1.807, 2.05) is 0 Å². The summed E-state index contributed by atoms with van der Waals surface area (Å²) in [6.07, 6.45) is 5.54. The van der Waals surface area contributed by atoms with Crippen molar-refractivity contribution in [2.75, 3.05) is 51.9 Å². The largest absolute Gasteiger partial charge is 0.478 e. The number of nitrogens with zero attached hydrogens (tertiary/aromatic N) is 4. The zero-order valence-electron chi connectivity index (χ0n) is 12.2. The second-order valence-corrected chi connectivity index (χ2v) is 5.57. The Hall–Kier alpha value is -1.40. The molecule has 1 spiro atoms. The monoisotopic (exact) mass is 278 g/mol. The number of methoxy groups -OCH3 is 1. The lowest BCUT2D eigenvalue weighted by Gasteiger charge is -2.51. The van der Waals surface area contributed by atoms with E-state index >= 15 is 0 Å².